The lowest BCUT2D eigenvalue weighted by atomic mass is 9.73. The second-order valence-electron chi connectivity index (χ2n) is 9.43. The lowest BCUT2D eigenvalue weighted by Gasteiger charge is -2.41. The van der Waals surface area contributed by atoms with E-state index in [-0.39, 0.29) is 12.7 Å². The van der Waals surface area contributed by atoms with Crippen molar-refractivity contribution >= 4 is 0 Å². The van der Waals surface area contributed by atoms with E-state index in [9.17, 15) is 5.11 Å². The van der Waals surface area contributed by atoms with Gasteiger partial charge in [0, 0.05) is 16.7 Å². The molecule has 8 heteroatoms. The number of rotatable bonds is 6. The molecule has 0 aromatic heterocycles. The third kappa shape index (κ3) is 3.96. The van der Waals surface area contributed by atoms with E-state index in [2.05, 4.69) is 0 Å². The van der Waals surface area contributed by atoms with E-state index < -0.39 is 11.7 Å². The van der Waals surface area contributed by atoms with E-state index >= 15 is 0 Å². The third-order valence-corrected chi connectivity index (χ3v) is 7.35. The lowest BCUT2D eigenvalue weighted by Crippen LogP contribution is -2.44. The fraction of sp³-hybridized carbons (Fsp3) is 0.379. The van der Waals surface area contributed by atoms with E-state index in [1.54, 1.807) is 35.4 Å². The van der Waals surface area contributed by atoms with Gasteiger partial charge in [-0.1, -0.05) is 25.1 Å². The number of hydrogen-bond acceptors (Lipinski definition) is 8. The molecule has 0 spiro atoms. The van der Waals surface area contributed by atoms with Crippen molar-refractivity contribution in [3.8, 4) is 51.4 Å². The van der Waals surface area contributed by atoms with Gasteiger partial charge in [-0.05, 0) is 49.1 Å². The van der Waals surface area contributed by atoms with Crippen molar-refractivity contribution in [2.24, 2.45) is 5.92 Å². The zero-order valence-corrected chi connectivity index (χ0v) is 21.9. The molecule has 37 heavy (non-hydrogen) atoms. The van der Waals surface area contributed by atoms with Crippen LogP contribution in [0.5, 0.6) is 40.2 Å². The summed E-state index contributed by atoms with van der Waals surface area (Å²) in [5.74, 6) is 3.33. The highest BCUT2D eigenvalue weighted by atomic mass is 16.7. The fourth-order valence-corrected chi connectivity index (χ4v) is 5.26. The summed E-state index contributed by atoms with van der Waals surface area (Å²) < 4.78 is 41.5. The van der Waals surface area contributed by atoms with Gasteiger partial charge in [-0.2, -0.15) is 0 Å². The standard InChI is InChI=1S/C29H32O8/c1-16-12-17-13-20(31-3)24(32-4)26(33-5)22(17)23-19(14-21-25(27(23)34-6)36-15-35-21)28(29(16,2)30)37-18-10-8-7-9-11-18/h7-11,13-14,16,28,30H,12,15H2,1-6H3. The van der Waals surface area contributed by atoms with Crippen LogP contribution in [-0.4, -0.2) is 45.9 Å². The minimum absolute atomic E-state index is 0.0571. The average Bonchev–Trinajstić information content (AvgIpc) is 3.38. The Balaban J connectivity index is 1.90. The van der Waals surface area contributed by atoms with Crippen LogP contribution in [-0.2, 0) is 6.42 Å². The highest BCUT2D eigenvalue weighted by molar-refractivity contribution is 5.89. The molecule has 1 aliphatic carbocycles. The molecular weight excluding hydrogens is 476 g/mol. The fourth-order valence-electron chi connectivity index (χ4n) is 5.26. The number of aliphatic hydroxyl groups is 1. The van der Waals surface area contributed by atoms with Gasteiger partial charge in [0.05, 0.1) is 28.4 Å². The molecule has 3 atom stereocenters. The zero-order valence-electron chi connectivity index (χ0n) is 21.9. The van der Waals surface area contributed by atoms with Crippen molar-refractivity contribution in [2.75, 3.05) is 35.2 Å². The van der Waals surface area contributed by atoms with Crippen molar-refractivity contribution in [3.63, 3.8) is 0 Å². The number of fused-ring (bicyclic) bond motifs is 4. The summed E-state index contributed by atoms with van der Waals surface area (Å²) in [5, 5.41) is 12.1. The Hall–Kier alpha value is -3.78. The van der Waals surface area contributed by atoms with Crippen LogP contribution in [0.25, 0.3) is 11.1 Å². The van der Waals surface area contributed by atoms with Crippen molar-refractivity contribution < 1.29 is 38.3 Å². The van der Waals surface area contributed by atoms with Crippen molar-refractivity contribution in [2.45, 2.75) is 32.0 Å². The molecule has 1 aliphatic heterocycles. The Morgan fingerprint density at radius 2 is 1.57 bits per heavy atom. The van der Waals surface area contributed by atoms with E-state index in [4.69, 9.17) is 33.2 Å². The van der Waals surface area contributed by atoms with Crippen molar-refractivity contribution in [3.05, 3.63) is 53.6 Å². The van der Waals surface area contributed by atoms with Crippen LogP contribution in [0.2, 0.25) is 0 Å². The quantitative estimate of drug-likeness (QED) is 0.488. The predicted molar refractivity (Wildman–Crippen MR) is 138 cm³/mol. The van der Waals surface area contributed by atoms with Gasteiger partial charge in [0.1, 0.15) is 11.4 Å². The Morgan fingerprint density at radius 1 is 0.865 bits per heavy atom. The number of methoxy groups -OCH3 is 4. The molecular formula is C29H32O8. The third-order valence-electron chi connectivity index (χ3n) is 7.35. The topological polar surface area (TPSA) is 84.8 Å². The largest absolute Gasteiger partial charge is 0.493 e. The molecule has 1 heterocycles. The maximum absolute atomic E-state index is 12.1. The molecule has 0 saturated carbocycles. The summed E-state index contributed by atoms with van der Waals surface area (Å²) in [7, 11) is 6.33. The molecule has 0 amide bonds. The first-order valence-electron chi connectivity index (χ1n) is 12.1. The monoisotopic (exact) mass is 508 g/mol. The lowest BCUT2D eigenvalue weighted by molar-refractivity contribution is -0.0871. The van der Waals surface area contributed by atoms with Gasteiger partial charge in [-0.3, -0.25) is 0 Å². The van der Waals surface area contributed by atoms with Gasteiger partial charge in [-0.25, -0.2) is 0 Å². The highest BCUT2D eigenvalue weighted by Gasteiger charge is 2.46. The summed E-state index contributed by atoms with van der Waals surface area (Å²) in [6, 6.07) is 13.2. The zero-order chi connectivity index (χ0) is 26.3. The number of ether oxygens (including phenoxy) is 7. The molecule has 3 aromatic rings. The molecule has 3 aromatic carbocycles. The molecule has 2 aliphatic rings. The minimum Gasteiger partial charge on any atom is -0.493 e. The summed E-state index contributed by atoms with van der Waals surface area (Å²) in [6.45, 7) is 3.86. The normalized spacial score (nSPS) is 21.7. The molecule has 0 radical (unpaired) electrons. The summed E-state index contributed by atoms with van der Waals surface area (Å²) in [6.07, 6.45) is -0.278. The van der Waals surface area contributed by atoms with Gasteiger partial charge in [0.15, 0.2) is 29.1 Å². The van der Waals surface area contributed by atoms with Gasteiger partial charge < -0.3 is 38.3 Å². The molecule has 0 bridgehead atoms. The minimum atomic E-state index is -1.29. The Bertz CT molecular complexity index is 1300. The van der Waals surface area contributed by atoms with Crippen LogP contribution in [0.4, 0.5) is 0 Å². The van der Waals surface area contributed by atoms with Gasteiger partial charge in [-0.15, -0.1) is 0 Å². The smallest absolute Gasteiger partial charge is 0.231 e. The van der Waals surface area contributed by atoms with Crippen molar-refractivity contribution in [1.82, 2.24) is 0 Å². The predicted octanol–water partition coefficient (Wildman–Crippen LogP) is 5.18. The maximum atomic E-state index is 12.1. The van der Waals surface area contributed by atoms with Crippen molar-refractivity contribution in [1.29, 1.82) is 0 Å². The number of benzene rings is 3. The molecule has 3 unspecified atom stereocenters. The second-order valence-corrected chi connectivity index (χ2v) is 9.43. The molecule has 0 fully saturated rings. The summed E-state index contributed by atoms with van der Waals surface area (Å²) in [4.78, 5) is 0. The van der Waals surface area contributed by atoms with Crippen LogP contribution in [0.1, 0.15) is 31.1 Å². The first kappa shape index (κ1) is 24.9. The van der Waals surface area contributed by atoms with E-state index in [0.29, 0.717) is 57.8 Å². The SMILES string of the molecule is COc1cc2c(c(OC)c1OC)-c1c(cc3c(c1OC)OCO3)C(Oc1ccccc1)C(C)(O)C(C)C2. The molecule has 196 valence electrons. The first-order valence-corrected chi connectivity index (χ1v) is 12.1. The van der Waals surface area contributed by atoms with E-state index in [0.717, 1.165) is 11.1 Å². The van der Waals surface area contributed by atoms with Gasteiger partial charge >= 0.3 is 0 Å². The summed E-state index contributed by atoms with van der Waals surface area (Å²) >= 11 is 0. The molecule has 1 N–H and O–H groups in total. The molecule has 8 nitrogen and oxygen atoms in total. The Morgan fingerprint density at radius 3 is 2.22 bits per heavy atom. The van der Waals surface area contributed by atoms with E-state index in [1.165, 1.54) is 0 Å². The maximum Gasteiger partial charge on any atom is 0.231 e. The average molecular weight is 509 g/mol. The first-order chi connectivity index (χ1) is 17.8. The van der Waals surface area contributed by atoms with E-state index in [1.807, 2.05) is 49.4 Å². The van der Waals surface area contributed by atoms with Gasteiger partial charge in [0.2, 0.25) is 18.3 Å². The van der Waals surface area contributed by atoms with Crippen LogP contribution in [0, 0.1) is 5.92 Å². The highest BCUT2D eigenvalue weighted by Crippen LogP contribution is 2.59. The Kier molecular flexibility index (Phi) is 6.45. The van der Waals surface area contributed by atoms with Crippen LogP contribution in [0.3, 0.4) is 0 Å². The molecule has 5 rings (SSSR count). The number of para-hydroxylation sites is 1. The van der Waals surface area contributed by atoms with Crippen LogP contribution < -0.4 is 33.2 Å². The molecule has 0 saturated heterocycles. The second kappa shape index (κ2) is 9.59. The van der Waals surface area contributed by atoms with Gasteiger partial charge in [0.25, 0.3) is 0 Å². The summed E-state index contributed by atoms with van der Waals surface area (Å²) in [5.41, 5.74) is 1.72. The Labute approximate surface area is 216 Å². The van der Waals surface area contributed by atoms with Crippen LogP contribution >= 0.6 is 0 Å². The number of hydrogen-bond donors (Lipinski definition) is 1. The van der Waals surface area contributed by atoms with Crippen LogP contribution in [0.15, 0.2) is 42.5 Å².